The molecule has 1 aromatic heterocycles. The maximum atomic E-state index is 13.7. The number of alkyl halides is 3. The van der Waals surface area contributed by atoms with Crippen molar-refractivity contribution in [2.24, 2.45) is 0 Å². The Morgan fingerprint density at radius 3 is 2.73 bits per heavy atom. The lowest BCUT2D eigenvalue weighted by Gasteiger charge is -2.33. The molecule has 1 N–H and O–H groups in total. The van der Waals surface area contributed by atoms with Gasteiger partial charge in [-0.3, -0.25) is 4.79 Å². The summed E-state index contributed by atoms with van der Waals surface area (Å²) in [5.74, 6) is -1.11. The van der Waals surface area contributed by atoms with Crippen LogP contribution in [0.15, 0.2) is 35.1 Å². The molecular formula is C15H13F3N2O2. The second-order valence-electron chi connectivity index (χ2n) is 5.28. The molecule has 22 heavy (non-hydrogen) atoms. The molecule has 0 spiro atoms. The predicted octanol–water partition coefficient (Wildman–Crippen LogP) is 3.12. The minimum atomic E-state index is -4.61. The maximum Gasteiger partial charge on any atom is 0.415 e. The molecule has 0 unspecified atom stereocenters. The van der Waals surface area contributed by atoms with Crippen molar-refractivity contribution in [3.8, 4) is 0 Å². The number of amides is 1. The van der Waals surface area contributed by atoms with Crippen molar-refractivity contribution in [1.82, 2.24) is 10.3 Å². The zero-order valence-electron chi connectivity index (χ0n) is 11.7. The van der Waals surface area contributed by atoms with Crippen molar-refractivity contribution < 1.29 is 22.4 Å². The number of hydrogen-bond donors (Lipinski definition) is 1. The largest absolute Gasteiger partial charge is 0.438 e. The number of nitrogens with one attached hydrogen (secondary N) is 1. The van der Waals surface area contributed by atoms with Crippen LogP contribution in [0.3, 0.4) is 0 Å². The third-order valence-electron chi connectivity index (χ3n) is 4.01. The zero-order valence-corrected chi connectivity index (χ0v) is 11.7. The van der Waals surface area contributed by atoms with Gasteiger partial charge in [0.05, 0.1) is 5.69 Å². The molecule has 0 saturated heterocycles. The molecule has 0 bridgehead atoms. The fourth-order valence-corrected chi connectivity index (χ4v) is 2.88. The van der Waals surface area contributed by atoms with E-state index in [0.29, 0.717) is 5.56 Å². The molecule has 0 fully saturated rings. The average Bonchev–Trinajstić information content (AvgIpc) is 3.03. The summed E-state index contributed by atoms with van der Waals surface area (Å²) in [4.78, 5) is 15.9. The van der Waals surface area contributed by atoms with Crippen molar-refractivity contribution in [3.63, 3.8) is 0 Å². The fraction of sp³-hybridized carbons (Fsp3) is 0.333. The van der Waals surface area contributed by atoms with Gasteiger partial charge in [0.25, 0.3) is 5.91 Å². The third kappa shape index (κ3) is 2.08. The molecule has 0 saturated carbocycles. The van der Waals surface area contributed by atoms with Gasteiger partial charge in [-0.25, -0.2) is 4.98 Å². The van der Waals surface area contributed by atoms with E-state index in [1.54, 1.807) is 12.1 Å². The molecule has 3 rings (SSSR count). The first kappa shape index (κ1) is 14.6. The van der Waals surface area contributed by atoms with Crippen molar-refractivity contribution in [3.05, 3.63) is 53.2 Å². The minimum absolute atomic E-state index is 0.0908. The number of halogens is 3. The van der Waals surface area contributed by atoms with Crippen LogP contribution in [-0.2, 0) is 12.0 Å². The highest BCUT2D eigenvalue weighted by Crippen LogP contribution is 2.48. The van der Waals surface area contributed by atoms with Crippen LogP contribution in [0.1, 0.15) is 33.8 Å². The van der Waals surface area contributed by atoms with Gasteiger partial charge < -0.3 is 9.73 Å². The van der Waals surface area contributed by atoms with Gasteiger partial charge in [-0.2, -0.15) is 13.2 Å². The summed E-state index contributed by atoms with van der Waals surface area (Å²) in [5, 5.41) is 2.13. The Kier molecular flexibility index (Phi) is 3.23. The fourth-order valence-electron chi connectivity index (χ4n) is 2.88. The number of aryl methyl sites for hydroxylation is 2. The summed E-state index contributed by atoms with van der Waals surface area (Å²) in [5.41, 5.74) is -1.46. The first-order chi connectivity index (χ1) is 10.3. The van der Waals surface area contributed by atoms with Gasteiger partial charge in [0, 0.05) is 0 Å². The summed E-state index contributed by atoms with van der Waals surface area (Å²) in [7, 11) is 0. The summed E-state index contributed by atoms with van der Waals surface area (Å²) in [6, 6.07) is 6.28. The van der Waals surface area contributed by atoms with E-state index in [0.717, 1.165) is 6.39 Å². The normalized spacial score (nSPS) is 20.7. The number of aromatic nitrogens is 1. The van der Waals surface area contributed by atoms with Crippen LogP contribution in [0.25, 0.3) is 0 Å². The molecule has 0 radical (unpaired) electrons. The van der Waals surface area contributed by atoms with E-state index in [1.165, 1.54) is 19.1 Å². The molecule has 1 aliphatic carbocycles. The van der Waals surface area contributed by atoms with Gasteiger partial charge in [0.1, 0.15) is 0 Å². The summed E-state index contributed by atoms with van der Waals surface area (Å²) in [6.45, 7) is 1.50. The molecule has 1 atom stereocenters. The Morgan fingerprint density at radius 2 is 2.09 bits per heavy atom. The molecule has 1 amide bonds. The number of carbonyl (C=O) groups excluding carboxylic acids is 1. The number of oxazole rings is 1. The number of carbonyl (C=O) groups is 1. The standard InChI is InChI=1S/C15H13F3N2O2/c1-9-12(22-8-19-9)13(21)20-14(15(16,17)18)7-6-10-4-2-3-5-11(10)14/h2-5,8H,6-7H2,1H3,(H,20,21)/t14-/m1/s1. The predicted molar refractivity (Wildman–Crippen MR) is 71.2 cm³/mol. The molecule has 2 aromatic rings. The number of rotatable bonds is 2. The molecule has 7 heteroatoms. The third-order valence-corrected chi connectivity index (χ3v) is 4.01. The van der Waals surface area contributed by atoms with E-state index in [-0.39, 0.29) is 29.9 Å². The van der Waals surface area contributed by atoms with Crippen molar-refractivity contribution in [2.45, 2.75) is 31.5 Å². The van der Waals surface area contributed by atoms with Gasteiger partial charge in [-0.05, 0) is 30.9 Å². The van der Waals surface area contributed by atoms with Crippen LogP contribution < -0.4 is 5.32 Å². The second-order valence-corrected chi connectivity index (χ2v) is 5.28. The molecular weight excluding hydrogens is 297 g/mol. The molecule has 0 aliphatic heterocycles. The van der Waals surface area contributed by atoms with Crippen LogP contribution in [0, 0.1) is 6.92 Å². The summed E-state index contributed by atoms with van der Waals surface area (Å²) >= 11 is 0. The lowest BCUT2D eigenvalue weighted by atomic mass is 9.90. The highest BCUT2D eigenvalue weighted by Gasteiger charge is 2.59. The maximum absolute atomic E-state index is 13.7. The van der Waals surface area contributed by atoms with E-state index < -0.39 is 17.6 Å². The Balaban J connectivity index is 2.03. The quantitative estimate of drug-likeness (QED) is 0.927. The van der Waals surface area contributed by atoms with Crippen molar-refractivity contribution in [1.29, 1.82) is 0 Å². The number of hydrogen-bond acceptors (Lipinski definition) is 3. The topological polar surface area (TPSA) is 55.1 Å². The van der Waals surface area contributed by atoms with E-state index in [9.17, 15) is 18.0 Å². The highest BCUT2D eigenvalue weighted by molar-refractivity contribution is 5.93. The SMILES string of the molecule is Cc1ncoc1C(=O)N[C@]1(C(F)(F)F)CCc2ccccc21. The van der Waals surface area contributed by atoms with Gasteiger partial charge in [0.2, 0.25) is 5.76 Å². The zero-order chi connectivity index (χ0) is 16.0. The number of fused-ring (bicyclic) bond motifs is 1. The van der Waals surface area contributed by atoms with Crippen LogP contribution >= 0.6 is 0 Å². The Hall–Kier alpha value is -2.31. The summed E-state index contributed by atoms with van der Waals surface area (Å²) in [6.07, 6.45) is -3.55. The minimum Gasteiger partial charge on any atom is -0.438 e. The molecule has 1 aromatic carbocycles. The molecule has 116 valence electrons. The second kappa shape index (κ2) is 4.86. The van der Waals surface area contributed by atoms with E-state index in [1.807, 2.05) is 0 Å². The molecule has 1 heterocycles. The molecule has 4 nitrogen and oxygen atoms in total. The average molecular weight is 310 g/mol. The first-order valence-corrected chi connectivity index (χ1v) is 6.73. The van der Waals surface area contributed by atoms with Gasteiger partial charge >= 0.3 is 6.18 Å². The van der Waals surface area contributed by atoms with Crippen molar-refractivity contribution in [2.75, 3.05) is 0 Å². The highest BCUT2D eigenvalue weighted by atomic mass is 19.4. The first-order valence-electron chi connectivity index (χ1n) is 6.73. The Labute approximate surface area is 124 Å². The number of benzene rings is 1. The van der Waals surface area contributed by atoms with Crippen molar-refractivity contribution >= 4 is 5.91 Å². The Bertz CT molecular complexity index is 724. The lowest BCUT2D eigenvalue weighted by molar-refractivity contribution is -0.197. The van der Waals surface area contributed by atoms with Gasteiger partial charge in [-0.15, -0.1) is 0 Å². The smallest absolute Gasteiger partial charge is 0.415 e. The van der Waals surface area contributed by atoms with E-state index >= 15 is 0 Å². The molecule has 1 aliphatic rings. The monoisotopic (exact) mass is 310 g/mol. The number of nitrogens with zero attached hydrogens (tertiary/aromatic N) is 1. The van der Waals surface area contributed by atoms with E-state index in [4.69, 9.17) is 4.42 Å². The van der Waals surface area contributed by atoms with Crippen LogP contribution in [0.5, 0.6) is 0 Å². The van der Waals surface area contributed by atoms with E-state index in [2.05, 4.69) is 10.3 Å². The van der Waals surface area contributed by atoms with Gasteiger partial charge in [-0.1, -0.05) is 24.3 Å². The Morgan fingerprint density at radius 1 is 1.36 bits per heavy atom. The van der Waals surface area contributed by atoms with Gasteiger partial charge in [0.15, 0.2) is 11.9 Å². The van der Waals surface area contributed by atoms with Crippen LogP contribution in [0.2, 0.25) is 0 Å². The van der Waals surface area contributed by atoms with Crippen LogP contribution in [0.4, 0.5) is 13.2 Å². The van der Waals surface area contributed by atoms with Crippen LogP contribution in [-0.4, -0.2) is 17.1 Å². The summed E-state index contributed by atoms with van der Waals surface area (Å²) < 4.78 is 46.1. The lowest BCUT2D eigenvalue weighted by Crippen LogP contribution is -2.54.